The highest BCUT2D eigenvalue weighted by atomic mass is 32.2. The molecular formula is C7H13N5OS. The summed E-state index contributed by atoms with van der Waals surface area (Å²) >= 11 is 1.48. The lowest BCUT2D eigenvalue weighted by molar-refractivity contribution is -0.123. The van der Waals surface area contributed by atoms with Crippen LogP contribution in [0.5, 0.6) is 0 Å². The number of aromatic nitrogens is 3. The summed E-state index contributed by atoms with van der Waals surface area (Å²) in [5, 5.41) is 8.41. The van der Waals surface area contributed by atoms with E-state index in [1.807, 2.05) is 14.0 Å². The number of nitrogens with two attached hydrogens (primary N) is 1. The van der Waals surface area contributed by atoms with Gasteiger partial charge in [0, 0.05) is 18.7 Å². The maximum absolute atomic E-state index is 11.1. The fourth-order valence-corrected chi connectivity index (χ4v) is 1.73. The summed E-state index contributed by atoms with van der Waals surface area (Å²) in [4.78, 5) is 11.1. The smallest absolute Gasteiger partial charge is 0.237 e. The van der Waals surface area contributed by atoms with E-state index in [1.54, 1.807) is 10.9 Å². The molecule has 0 radical (unpaired) electrons. The van der Waals surface area contributed by atoms with Crippen molar-refractivity contribution >= 4 is 17.7 Å². The van der Waals surface area contributed by atoms with Gasteiger partial charge in [0.05, 0.1) is 0 Å². The van der Waals surface area contributed by atoms with Gasteiger partial charge in [-0.15, -0.1) is 10.2 Å². The number of amides is 1. The van der Waals surface area contributed by atoms with Crippen molar-refractivity contribution in [2.45, 2.75) is 12.1 Å². The summed E-state index contributed by atoms with van der Waals surface area (Å²) in [6.45, 7) is 1.81. The molecule has 7 heteroatoms. The second-order valence-electron chi connectivity index (χ2n) is 2.95. The van der Waals surface area contributed by atoms with Gasteiger partial charge in [0.2, 0.25) is 5.91 Å². The molecule has 0 aromatic carbocycles. The molecule has 1 heterocycles. The van der Waals surface area contributed by atoms with Gasteiger partial charge in [-0.05, 0) is 0 Å². The van der Waals surface area contributed by atoms with E-state index in [-0.39, 0.29) is 11.8 Å². The summed E-state index contributed by atoms with van der Waals surface area (Å²) in [6, 6.07) is 0. The van der Waals surface area contributed by atoms with E-state index >= 15 is 0 Å². The molecule has 6 nitrogen and oxygen atoms in total. The quantitative estimate of drug-likeness (QED) is 0.307. The summed E-state index contributed by atoms with van der Waals surface area (Å²) in [5.74, 6) is 5.34. The van der Waals surface area contributed by atoms with Crippen LogP contribution in [-0.4, -0.2) is 26.4 Å². The van der Waals surface area contributed by atoms with Crippen molar-refractivity contribution < 1.29 is 4.79 Å². The highest BCUT2D eigenvalue weighted by Gasteiger charge is 2.13. The molecule has 0 aliphatic heterocycles. The molecule has 0 aliphatic carbocycles. The van der Waals surface area contributed by atoms with Crippen LogP contribution >= 0.6 is 11.8 Å². The Hall–Kier alpha value is -1.08. The molecule has 14 heavy (non-hydrogen) atoms. The van der Waals surface area contributed by atoms with Gasteiger partial charge >= 0.3 is 0 Å². The average molecular weight is 215 g/mol. The van der Waals surface area contributed by atoms with Crippen LogP contribution in [0.2, 0.25) is 0 Å². The van der Waals surface area contributed by atoms with E-state index in [9.17, 15) is 4.79 Å². The third kappa shape index (κ3) is 2.71. The van der Waals surface area contributed by atoms with Gasteiger partial charge in [-0.25, -0.2) is 5.84 Å². The van der Waals surface area contributed by atoms with Gasteiger partial charge in [-0.1, -0.05) is 18.7 Å². The van der Waals surface area contributed by atoms with Gasteiger partial charge < -0.3 is 4.57 Å². The predicted molar refractivity (Wildman–Crippen MR) is 53.2 cm³/mol. The van der Waals surface area contributed by atoms with Crippen LogP contribution < -0.4 is 11.3 Å². The predicted octanol–water partition coefficient (Wildman–Crippen LogP) is -0.467. The minimum Gasteiger partial charge on any atom is -0.312 e. The van der Waals surface area contributed by atoms with Gasteiger partial charge in [0.25, 0.3) is 0 Å². The van der Waals surface area contributed by atoms with Crippen LogP contribution in [-0.2, 0) is 11.8 Å². The Labute approximate surface area is 86.2 Å². The van der Waals surface area contributed by atoms with Gasteiger partial charge in [0.1, 0.15) is 6.33 Å². The maximum Gasteiger partial charge on any atom is 0.237 e. The van der Waals surface area contributed by atoms with E-state index in [0.717, 1.165) is 5.16 Å². The van der Waals surface area contributed by atoms with E-state index < -0.39 is 0 Å². The first kappa shape index (κ1) is 11.0. The molecule has 1 aromatic heterocycles. The lowest BCUT2D eigenvalue weighted by Gasteiger charge is -2.07. The topological polar surface area (TPSA) is 85.8 Å². The summed E-state index contributed by atoms with van der Waals surface area (Å²) in [5.41, 5.74) is 2.11. The Bertz CT molecular complexity index is 313. The minimum atomic E-state index is -0.167. The molecule has 3 N–H and O–H groups in total. The number of thioether (sulfide) groups is 1. The van der Waals surface area contributed by atoms with Crippen molar-refractivity contribution in [3.8, 4) is 0 Å². The first-order chi connectivity index (χ1) is 6.65. The van der Waals surface area contributed by atoms with E-state index in [0.29, 0.717) is 5.75 Å². The number of aryl methyl sites for hydroxylation is 1. The SMILES string of the molecule is CC(CSc1nncn1C)C(=O)NN. The maximum atomic E-state index is 11.1. The zero-order chi connectivity index (χ0) is 10.6. The van der Waals surface area contributed by atoms with Crippen LogP contribution in [0.3, 0.4) is 0 Å². The van der Waals surface area contributed by atoms with Crippen molar-refractivity contribution in [1.29, 1.82) is 0 Å². The van der Waals surface area contributed by atoms with Crippen LogP contribution in [0.25, 0.3) is 0 Å². The van der Waals surface area contributed by atoms with Crippen molar-refractivity contribution in [3.05, 3.63) is 6.33 Å². The number of carbonyl (C=O) groups is 1. The number of hydrogen-bond acceptors (Lipinski definition) is 5. The molecule has 0 saturated heterocycles. The summed E-state index contributed by atoms with van der Waals surface area (Å²) in [6.07, 6.45) is 1.62. The van der Waals surface area contributed by atoms with E-state index in [1.165, 1.54) is 11.8 Å². The molecule has 0 aliphatic rings. The van der Waals surface area contributed by atoms with Crippen molar-refractivity contribution in [1.82, 2.24) is 20.2 Å². The second kappa shape index (κ2) is 4.97. The first-order valence-corrected chi connectivity index (χ1v) is 5.11. The molecular weight excluding hydrogens is 202 g/mol. The Balaban J connectivity index is 2.41. The van der Waals surface area contributed by atoms with Crippen LogP contribution in [0.1, 0.15) is 6.92 Å². The number of rotatable bonds is 4. The van der Waals surface area contributed by atoms with Gasteiger partial charge in [-0.2, -0.15) is 0 Å². The lowest BCUT2D eigenvalue weighted by atomic mass is 10.2. The van der Waals surface area contributed by atoms with Crippen molar-refractivity contribution in [3.63, 3.8) is 0 Å². The van der Waals surface area contributed by atoms with Crippen molar-refractivity contribution in [2.24, 2.45) is 18.8 Å². The third-order valence-electron chi connectivity index (χ3n) is 1.72. The number of carbonyl (C=O) groups excluding carboxylic acids is 1. The largest absolute Gasteiger partial charge is 0.312 e. The number of hydrazine groups is 1. The number of nitrogens with one attached hydrogen (secondary N) is 1. The summed E-state index contributed by atoms with van der Waals surface area (Å²) in [7, 11) is 1.86. The molecule has 0 bridgehead atoms. The highest BCUT2D eigenvalue weighted by Crippen LogP contribution is 2.16. The minimum absolute atomic E-state index is 0.137. The molecule has 1 unspecified atom stereocenters. The average Bonchev–Trinajstić information content (AvgIpc) is 2.59. The van der Waals surface area contributed by atoms with Gasteiger partial charge in [-0.3, -0.25) is 10.2 Å². The highest BCUT2D eigenvalue weighted by molar-refractivity contribution is 7.99. The molecule has 78 valence electrons. The molecule has 0 saturated carbocycles. The Kier molecular flexibility index (Phi) is 3.90. The van der Waals surface area contributed by atoms with Crippen LogP contribution in [0, 0.1) is 5.92 Å². The molecule has 1 amide bonds. The normalized spacial score (nSPS) is 12.5. The first-order valence-electron chi connectivity index (χ1n) is 4.12. The van der Waals surface area contributed by atoms with Crippen molar-refractivity contribution in [2.75, 3.05) is 5.75 Å². The molecule has 1 atom stereocenters. The van der Waals surface area contributed by atoms with E-state index in [4.69, 9.17) is 5.84 Å². The number of hydrogen-bond donors (Lipinski definition) is 2. The zero-order valence-electron chi connectivity index (χ0n) is 8.10. The standard InChI is InChI=1S/C7H13N5OS/c1-5(6(13)10-8)3-14-7-11-9-4-12(7)2/h4-5H,3,8H2,1-2H3,(H,10,13). The zero-order valence-corrected chi connectivity index (χ0v) is 8.91. The second-order valence-corrected chi connectivity index (χ2v) is 3.93. The lowest BCUT2D eigenvalue weighted by Crippen LogP contribution is -2.35. The molecule has 0 fully saturated rings. The molecule has 1 aromatic rings. The van der Waals surface area contributed by atoms with Crippen LogP contribution in [0.15, 0.2) is 11.5 Å². The van der Waals surface area contributed by atoms with Gasteiger partial charge in [0.15, 0.2) is 5.16 Å². The fraction of sp³-hybridized carbons (Fsp3) is 0.571. The fourth-order valence-electron chi connectivity index (χ4n) is 0.821. The summed E-state index contributed by atoms with van der Waals surface area (Å²) < 4.78 is 1.80. The Morgan fingerprint density at radius 1 is 1.86 bits per heavy atom. The molecule has 1 rings (SSSR count). The van der Waals surface area contributed by atoms with Crippen LogP contribution in [0.4, 0.5) is 0 Å². The Morgan fingerprint density at radius 2 is 2.57 bits per heavy atom. The van der Waals surface area contributed by atoms with E-state index in [2.05, 4.69) is 15.6 Å². The Morgan fingerprint density at radius 3 is 3.07 bits per heavy atom. The number of nitrogens with zero attached hydrogens (tertiary/aromatic N) is 3. The monoisotopic (exact) mass is 215 g/mol. The molecule has 0 spiro atoms. The third-order valence-corrected chi connectivity index (χ3v) is 3.02.